The zero-order valence-corrected chi connectivity index (χ0v) is 24.6. The first kappa shape index (κ1) is 32.5. The number of alkyl halides is 7. The number of fused-ring (bicyclic) bond motifs is 3. The van der Waals surface area contributed by atoms with Crippen LogP contribution < -0.4 is 0 Å². The van der Waals surface area contributed by atoms with E-state index < -0.39 is 56.1 Å². The molecule has 1 aliphatic carbocycles. The summed E-state index contributed by atoms with van der Waals surface area (Å²) < 4.78 is 124. The molecule has 1 fully saturated rings. The second-order valence-corrected chi connectivity index (χ2v) is 13.6. The van der Waals surface area contributed by atoms with Crippen LogP contribution in [-0.4, -0.2) is 55.2 Å². The minimum absolute atomic E-state index is 0.0414. The molecular weight excluding hydrogens is 631 g/mol. The number of carboxylic acid groups (broad SMARTS) is 1. The van der Waals surface area contributed by atoms with E-state index >= 15 is 4.39 Å². The van der Waals surface area contributed by atoms with E-state index in [1.165, 1.54) is 48.2 Å². The smallest absolute Gasteiger partial charge is 0.435 e. The summed E-state index contributed by atoms with van der Waals surface area (Å²) in [5.74, 6) is -1.98. The number of hydrogen-bond acceptors (Lipinski definition) is 4. The molecule has 0 spiro atoms. The summed E-state index contributed by atoms with van der Waals surface area (Å²) in [6.07, 6.45) is -13.4. The molecule has 1 heterocycles. The van der Waals surface area contributed by atoms with Crippen LogP contribution in [0.2, 0.25) is 0 Å². The molecule has 0 bridgehead atoms. The Hall–Kier alpha value is -3.94. The Morgan fingerprint density at radius 3 is 2.09 bits per heavy atom. The fourth-order valence-corrected chi connectivity index (χ4v) is 8.92. The number of hydrogen-bond donors (Lipinski definition) is 1. The van der Waals surface area contributed by atoms with Crippen molar-refractivity contribution in [2.45, 2.75) is 66.8 Å². The van der Waals surface area contributed by atoms with Crippen LogP contribution in [0.3, 0.4) is 0 Å². The molecule has 1 N–H and O–H groups in total. The summed E-state index contributed by atoms with van der Waals surface area (Å²) in [7, 11) is -4.50. The van der Waals surface area contributed by atoms with Gasteiger partial charge in [-0.15, -0.1) is 0 Å². The molecular formula is C31H26F7NO5S. The van der Waals surface area contributed by atoms with Gasteiger partial charge >= 0.3 is 24.0 Å². The first-order valence-corrected chi connectivity index (χ1v) is 15.2. The summed E-state index contributed by atoms with van der Waals surface area (Å²) in [5, 5.41) is 9.54. The molecule has 3 aromatic carbocycles. The van der Waals surface area contributed by atoms with E-state index in [0.717, 1.165) is 12.1 Å². The Labute approximate surface area is 253 Å². The van der Waals surface area contributed by atoms with Gasteiger partial charge in [0.1, 0.15) is 4.75 Å². The lowest BCUT2D eigenvalue weighted by Gasteiger charge is -2.43. The van der Waals surface area contributed by atoms with Gasteiger partial charge in [-0.05, 0) is 74.1 Å². The molecule has 3 aromatic rings. The van der Waals surface area contributed by atoms with Crippen LogP contribution in [0.15, 0.2) is 65.6 Å². The van der Waals surface area contributed by atoms with Crippen molar-refractivity contribution in [3.63, 3.8) is 0 Å². The molecule has 2 aliphatic rings. The van der Waals surface area contributed by atoms with Gasteiger partial charge in [-0.25, -0.2) is 17.6 Å². The normalized spacial score (nSPS) is 20.5. The average molecular weight is 658 g/mol. The molecule has 1 aliphatic heterocycles. The number of sulfone groups is 1. The number of aromatic carboxylic acids is 1. The number of carbonyl (C=O) groups is 2. The van der Waals surface area contributed by atoms with Crippen LogP contribution >= 0.6 is 0 Å². The largest absolute Gasteiger partial charge is 0.478 e. The van der Waals surface area contributed by atoms with Crippen LogP contribution in [0.4, 0.5) is 30.7 Å². The van der Waals surface area contributed by atoms with Crippen molar-refractivity contribution in [2.75, 3.05) is 6.54 Å². The summed E-state index contributed by atoms with van der Waals surface area (Å²) in [5.41, 5.74) is -6.88. The van der Waals surface area contributed by atoms with E-state index in [1.807, 2.05) is 0 Å². The van der Waals surface area contributed by atoms with Crippen molar-refractivity contribution in [2.24, 2.45) is 0 Å². The van der Waals surface area contributed by atoms with Crippen LogP contribution in [0.5, 0.6) is 0 Å². The van der Waals surface area contributed by atoms with Gasteiger partial charge in [0.05, 0.1) is 16.5 Å². The zero-order valence-electron chi connectivity index (χ0n) is 23.8. The number of halogens is 7. The lowest BCUT2D eigenvalue weighted by atomic mass is 9.76. The summed E-state index contributed by atoms with van der Waals surface area (Å²) >= 11 is 0. The number of nitrogens with zero attached hydrogens (tertiary/aromatic N) is 1. The Morgan fingerprint density at radius 1 is 0.889 bits per heavy atom. The monoisotopic (exact) mass is 657 g/mol. The van der Waals surface area contributed by atoms with Crippen molar-refractivity contribution in [3.05, 3.63) is 99.6 Å². The van der Waals surface area contributed by atoms with Gasteiger partial charge in [-0.3, -0.25) is 4.79 Å². The van der Waals surface area contributed by atoms with Gasteiger partial charge in [0.25, 0.3) is 5.91 Å². The van der Waals surface area contributed by atoms with Gasteiger partial charge in [-0.2, -0.15) is 26.3 Å². The molecule has 14 heteroatoms. The predicted molar refractivity (Wildman–Crippen MR) is 147 cm³/mol. The maximum absolute atomic E-state index is 15.0. The quantitative estimate of drug-likeness (QED) is 0.304. The van der Waals surface area contributed by atoms with Gasteiger partial charge in [0.15, 0.2) is 9.84 Å². The molecule has 0 radical (unpaired) electrons. The van der Waals surface area contributed by atoms with Crippen molar-refractivity contribution >= 4 is 21.7 Å². The number of benzene rings is 3. The van der Waals surface area contributed by atoms with Crippen LogP contribution in [0, 0.1) is 13.8 Å². The minimum atomic E-state index is -6.36. The first-order chi connectivity index (χ1) is 20.8. The van der Waals surface area contributed by atoms with E-state index in [2.05, 4.69) is 0 Å². The number of carboxylic acids is 1. The van der Waals surface area contributed by atoms with Gasteiger partial charge in [-0.1, -0.05) is 42.0 Å². The fourth-order valence-electron chi connectivity index (χ4n) is 6.55. The number of rotatable bonds is 5. The first-order valence-electron chi connectivity index (χ1n) is 13.7. The molecule has 0 unspecified atom stereocenters. The van der Waals surface area contributed by atoms with Crippen LogP contribution in [-0.2, 0) is 26.7 Å². The lowest BCUT2D eigenvalue weighted by Crippen LogP contribution is -2.53. The maximum Gasteiger partial charge on any atom is 0.435 e. The van der Waals surface area contributed by atoms with Crippen LogP contribution in [0.1, 0.15) is 61.4 Å². The molecule has 6 nitrogen and oxygen atoms in total. The van der Waals surface area contributed by atoms with Gasteiger partial charge in [0.2, 0.25) is 0 Å². The predicted octanol–water partition coefficient (Wildman–Crippen LogP) is 6.82. The standard InChI is InChI=1S/C31H26F7NO5S/c1-17-3-9-22(10-4-17)45(43,44)28-13-14-39(26(40)20-6-5-18(2)23(16-20)27(41)42)25(28)12-7-19-15-21(8-11-24(19)28)29(32,30(33,34)35)31(36,37)38/h3-6,8-11,15-16,25H,7,12-14H2,1-2H3,(H,41,42)/t25-,28-/m1/s1. The van der Waals surface area contributed by atoms with Crippen molar-refractivity contribution < 1.29 is 53.8 Å². The zero-order chi connectivity index (χ0) is 33.3. The van der Waals surface area contributed by atoms with Gasteiger partial charge < -0.3 is 10.0 Å². The number of amides is 1. The second kappa shape index (κ2) is 10.6. The molecule has 5 rings (SSSR count). The second-order valence-electron chi connectivity index (χ2n) is 11.4. The molecule has 1 saturated heterocycles. The molecule has 45 heavy (non-hydrogen) atoms. The summed E-state index contributed by atoms with van der Waals surface area (Å²) in [6, 6.07) is 10.0. The SMILES string of the molecule is Cc1ccc(S(=O)(=O)[C@@]23CCN(C(=O)c4ccc(C)c(C(=O)O)c4)[C@@H]2CCc2cc(C(F)(C(F)(F)F)C(F)(F)F)ccc23)cc1. The number of likely N-dealkylation sites (tertiary alicyclic amines) is 1. The minimum Gasteiger partial charge on any atom is -0.478 e. The third-order valence-electron chi connectivity index (χ3n) is 8.85. The van der Waals surface area contributed by atoms with E-state index in [-0.39, 0.29) is 53.0 Å². The Balaban J connectivity index is 1.70. The summed E-state index contributed by atoms with van der Waals surface area (Å²) in [6.45, 7) is 3.06. The van der Waals surface area contributed by atoms with Crippen molar-refractivity contribution in [1.29, 1.82) is 0 Å². The van der Waals surface area contributed by atoms with E-state index in [0.29, 0.717) is 23.3 Å². The third-order valence-corrected chi connectivity index (χ3v) is 11.4. The average Bonchev–Trinajstić information content (AvgIpc) is 3.37. The molecule has 0 saturated carbocycles. The van der Waals surface area contributed by atoms with Crippen molar-refractivity contribution in [1.82, 2.24) is 4.90 Å². The molecule has 2 atom stereocenters. The highest BCUT2D eigenvalue weighted by Gasteiger charge is 2.73. The van der Waals surface area contributed by atoms with E-state index in [1.54, 1.807) is 6.92 Å². The highest BCUT2D eigenvalue weighted by molar-refractivity contribution is 7.92. The Bertz CT molecular complexity index is 1790. The topological polar surface area (TPSA) is 91.8 Å². The fraction of sp³-hybridized carbons (Fsp3) is 0.355. The van der Waals surface area contributed by atoms with Crippen LogP contribution in [0.25, 0.3) is 0 Å². The lowest BCUT2D eigenvalue weighted by molar-refractivity contribution is -0.348. The number of carbonyl (C=O) groups excluding carboxylic acids is 1. The maximum atomic E-state index is 15.0. The highest BCUT2D eigenvalue weighted by atomic mass is 32.2. The molecule has 1 amide bonds. The Morgan fingerprint density at radius 2 is 1.51 bits per heavy atom. The summed E-state index contributed by atoms with van der Waals surface area (Å²) in [4.78, 5) is 26.6. The number of aryl methyl sites for hydroxylation is 3. The van der Waals surface area contributed by atoms with E-state index in [4.69, 9.17) is 0 Å². The van der Waals surface area contributed by atoms with Gasteiger partial charge in [0, 0.05) is 17.7 Å². The molecule has 0 aromatic heterocycles. The third kappa shape index (κ3) is 4.79. The molecule has 240 valence electrons. The highest BCUT2D eigenvalue weighted by Crippen LogP contribution is 2.56. The Kier molecular flexibility index (Phi) is 7.62. The van der Waals surface area contributed by atoms with Crippen molar-refractivity contribution in [3.8, 4) is 0 Å². The van der Waals surface area contributed by atoms with E-state index in [9.17, 15) is 49.5 Å².